The Morgan fingerprint density at radius 2 is 1.94 bits per heavy atom. The molecule has 0 bridgehead atoms. The minimum Gasteiger partial charge on any atom is -0.390 e. The van der Waals surface area contributed by atoms with Gasteiger partial charge in [0.15, 0.2) is 5.82 Å². The van der Waals surface area contributed by atoms with Gasteiger partial charge in [0.2, 0.25) is 0 Å². The van der Waals surface area contributed by atoms with Crippen LogP contribution in [0.2, 0.25) is 0 Å². The third-order valence-corrected chi connectivity index (χ3v) is 8.80. The zero-order chi connectivity index (χ0) is 34.2. The second-order valence-corrected chi connectivity index (χ2v) is 12.3. The summed E-state index contributed by atoms with van der Waals surface area (Å²) >= 11 is 0. The summed E-state index contributed by atoms with van der Waals surface area (Å²) in [5.41, 5.74) is 2.40. The predicted molar refractivity (Wildman–Crippen MR) is 172 cm³/mol. The number of ether oxygens (including phenoxy) is 1. The van der Waals surface area contributed by atoms with Gasteiger partial charge >= 0.3 is 6.18 Å². The second-order valence-electron chi connectivity index (χ2n) is 12.3. The molecular weight excluding hydrogens is 625 g/mol. The largest absolute Gasteiger partial charge is 0.416 e. The van der Waals surface area contributed by atoms with E-state index in [-0.39, 0.29) is 61.0 Å². The first kappa shape index (κ1) is 33.1. The minimum absolute atomic E-state index is 0.0116. The fourth-order valence-corrected chi connectivity index (χ4v) is 6.11. The van der Waals surface area contributed by atoms with E-state index in [1.165, 1.54) is 11.0 Å². The molecule has 2 aromatic heterocycles. The Bertz CT molecular complexity index is 1880. The molecule has 1 atom stereocenters. The highest BCUT2D eigenvalue weighted by atomic mass is 19.4. The van der Waals surface area contributed by atoms with Crippen molar-refractivity contribution in [1.82, 2.24) is 25.1 Å². The number of rotatable bonds is 11. The molecule has 3 heterocycles. The number of carbonyl (C=O) groups is 1. The lowest BCUT2D eigenvalue weighted by molar-refractivity contribution is -0.138. The number of hydrogen-bond donors (Lipinski definition) is 3. The van der Waals surface area contributed by atoms with E-state index in [9.17, 15) is 23.1 Å². The molecule has 1 aliphatic carbocycles. The number of aryl methyl sites for hydroxylation is 2. The summed E-state index contributed by atoms with van der Waals surface area (Å²) in [7, 11) is 3.44. The molecule has 1 amide bonds. The highest BCUT2D eigenvalue weighted by Gasteiger charge is 2.41. The predicted octanol–water partition coefficient (Wildman–Crippen LogP) is 4.99. The molecule has 1 saturated carbocycles. The summed E-state index contributed by atoms with van der Waals surface area (Å²) in [5.74, 6) is 0.384. The van der Waals surface area contributed by atoms with Crippen LogP contribution in [0.15, 0.2) is 48.8 Å². The van der Waals surface area contributed by atoms with Gasteiger partial charge in [-0.15, -0.1) is 10.2 Å². The van der Waals surface area contributed by atoms with E-state index in [1.54, 1.807) is 30.1 Å². The standard InChI is InChI=1S/C34H35F3N8O3/c1-19-4-5-25(32-43-41-18-44(32)2)26(8-19)21-11-30(40-16-23(46)6-7-38)42-31(12-21)45-17-28-27(33(45)47)9-20(10-29(28)34(35,36)37)15-39-22-13-24(14-22)48-3/h4-5,8-12,18,22-24,39,46H,6,13-17H2,1-3H3,(H,40,42)/t22?,23-,24?/m0/s1. The van der Waals surface area contributed by atoms with E-state index >= 15 is 0 Å². The molecule has 2 aromatic carbocycles. The quantitative estimate of drug-likeness (QED) is 0.203. The Hall–Kier alpha value is -4.84. The van der Waals surface area contributed by atoms with Crippen molar-refractivity contribution in [3.05, 3.63) is 76.6 Å². The highest BCUT2D eigenvalue weighted by Crippen LogP contribution is 2.41. The third kappa shape index (κ3) is 6.75. The molecule has 0 radical (unpaired) electrons. The first-order chi connectivity index (χ1) is 22.9. The van der Waals surface area contributed by atoms with Crippen LogP contribution in [-0.4, -0.2) is 62.7 Å². The van der Waals surface area contributed by atoms with Crippen LogP contribution < -0.4 is 15.5 Å². The Morgan fingerprint density at radius 1 is 1.15 bits per heavy atom. The number of nitriles is 1. The molecule has 3 N–H and O–H groups in total. The number of alkyl halides is 3. The maximum atomic E-state index is 14.4. The van der Waals surface area contributed by atoms with Gasteiger partial charge in [-0.2, -0.15) is 18.4 Å². The number of halogens is 3. The lowest BCUT2D eigenvalue weighted by Gasteiger charge is -2.34. The number of carbonyl (C=O) groups excluding carboxylic acids is 1. The Labute approximate surface area is 275 Å². The average molecular weight is 661 g/mol. The number of fused-ring (bicyclic) bond motifs is 1. The van der Waals surface area contributed by atoms with Gasteiger partial charge in [0.1, 0.15) is 18.0 Å². The van der Waals surface area contributed by atoms with Crippen molar-refractivity contribution in [3.8, 4) is 28.6 Å². The normalized spacial score (nSPS) is 18.0. The molecule has 0 unspecified atom stereocenters. The monoisotopic (exact) mass is 660 g/mol. The van der Waals surface area contributed by atoms with E-state index < -0.39 is 23.8 Å². The molecule has 0 spiro atoms. The lowest BCUT2D eigenvalue weighted by atomic mass is 9.89. The van der Waals surface area contributed by atoms with Crippen LogP contribution in [0.1, 0.15) is 51.9 Å². The Morgan fingerprint density at radius 3 is 2.62 bits per heavy atom. The molecule has 4 aromatic rings. The number of nitrogens with one attached hydrogen (secondary N) is 2. The molecule has 11 nitrogen and oxygen atoms in total. The van der Waals surface area contributed by atoms with Crippen LogP contribution >= 0.6 is 0 Å². The summed E-state index contributed by atoms with van der Waals surface area (Å²) in [5, 5.41) is 33.8. The van der Waals surface area contributed by atoms with E-state index in [0.717, 1.165) is 35.6 Å². The molecule has 1 aliphatic heterocycles. The molecule has 2 aliphatic rings. The number of aliphatic hydroxyl groups is 1. The number of hydrogen-bond acceptors (Lipinski definition) is 9. The van der Waals surface area contributed by atoms with E-state index in [4.69, 9.17) is 10.00 Å². The number of aromatic nitrogens is 4. The first-order valence-electron chi connectivity index (χ1n) is 15.5. The topological polar surface area (TPSA) is 141 Å². The first-order valence-corrected chi connectivity index (χ1v) is 15.5. The second kappa shape index (κ2) is 13.3. The van der Waals surface area contributed by atoms with Gasteiger partial charge in [-0.05, 0) is 66.3 Å². The summed E-state index contributed by atoms with van der Waals surface area (Å²) in [6.45, 7) is 1.76. The van der Waals surface area contributed by atoms with Crippen molar-refractivity contribution in [2.45, 2.75) is 63.7 Å². The van der Waals surface area contributed by atoms with Crippen LogP contribution in [0.3, 0.4) is 0 Å². The lowest BCUT2D eigenvalue weighted by Crippen LogP contribution is -2.44. The zero-order valence-corrected chi connectivity index (χ0v) is 26.7. The maximum absolute atomic E-state index is 14.4. The third-order valence-electron chi connectivity index (χ3n) is 8.80. The number of aliphatic hydroxyl groups excluding tert-OH is 1. The summed E-state index contributed by atoms with van der Waals surface area (Å²) in [6, 6.07) is 13.8. The van der Waals surface area contributed by atoms with Gasteiger partial charge in [0.05, 0.1) is 36.8 Å². The number of pyridine rings is 1. The zero-order valence-electron chi connectivity index (χ0n) is 26.7. The van der Waals surface area contributed by atoms with Crippen LogP contribution in [-0.2, 0) is 31.1 Å². The van der Waals surface area contributed by atoms with Crippen molar-refractivity contribution < 1.29 is 27.8 Å². The van der Waals surface area contributed by atoms with Crippen LogP contribution in [0.5, 0.6) is 0 Å². The van der Waals surface area contributed by atoms with Crippen molar-refractivity contribution in [2.75, 3.05) is 23.9 Å². The van der Waals surface area contributed by atoms with Crippen LogP contribution in [0.4, 0.5) is 24.8 Å². The van der Waals surface area contributed by atoms with Gasteiger partial charge < -0.3 is 25.0 Å². The fraction of sp³-hybridized carbons (Fsp3) is 0.382. The number of nitrogens with zero attached hydrogens (tertiary/aromatic N) is 6. The number of anilines is 2. The number of methoxy groups -OCH3 is 1. The van der Waals surface area contributed by atoms with Crippen LogP contribution in [0, 0.1) is 18.3 Å². The van der Waals surface area contributed by atoms with E-state index in [0.29, 0.717) is 17.0 Å². The molecule has 1 fully saturated rings. The SMILES string of the molecule is COC1CC(NCc2cc3c(c(C(F)(F)F)c2)CN(c2cc(-c4cc(C)ccc4-c4nncn4C)cc(NC[C@@H](O)CC#N)n2)C3=O)C1. The minimum atomic E-state index is -4.68. The average Bonchev–Trinajstić information content (AvgIpc) is 3.61. The Kier molecular flexibility index (Phi) is 9.20. The van der Waals surface area contributed by atoms with Crippen molar-refractivity contribution in [3.63, 3.8) is 0 Å². The molecule has 14 heteroatoms. The molecular formula is C34H35F3N8O3. The van der Waals surface area contributed by atoms with Crippen molar-refractivity contribution in [2.24, 2.45) is 7.05 Å². The summed E-state index contributed by atoms with van der Waals surface area (Å²) in [6.07, 6.45) is -2.53. The van der Waals surface area contributed by atoms with Gasteiger partial charge in [-0.1, -0.05) is 23.8 Å². The van der Waals surface area contributed by atoms with Gasteiger partial charge in [0, 0.05) is 44.4 Å². The van der Waals surface area contributed by atoms with E-state index in [1.807, 2.05) is 38.2 Å². The number of benzene rings is 2. The Balaban J connectivity index is 1.39. The number of amides is 1. The molecule has 250 valence electrons. The van der Waals surface area contributed by atoms with E-state index in [2.05, 4.69) is 25.8 Å². The smallest absolute Gasteiger partial charge is 0.390 e. The van der Waals surface area contributed by atoms with Gasteiger partial charge in [-0.25, -0.2) is 4.98 Å². The summed E-state index contributed by atoms with van der Waals surface area (Å²) < 4.78 is 50.4. The maximum Gasteiger partial charge on any atom is 0.416 e. The summed E-state index contributed by atoms with van der Waals surface area (Å²) in [4.78, 5) is 19.8. The van der Waals surface area contributed by atoms with Crippen molar-refractivity contribution in [1.29, 1.82) is 5.26 Å². The van der Waals surface area contributed by atoms with Crippen molar-refractivity contribution >= 4 is 17.5 Å². The molecule has 6 rings (SSSR count). The highest BCUT2D eigenvalue weighted by molar-refractivity contribution is 6.10. The van der Waals surface area contributed by atoms with Crippen LogP contribution in [0.25, 0.3) is 22.5 Å². The molecule has 0 saturated heterocycles. The van der Waals surface area contributed by atoms with Gasteiger partial charge in [0.25, 0.3) is 5.91 Å². The van der Waals surface area contributed by atoms with Gasteiger partial charge in [-0.3, -0.25) is 9.69 Å². The fourth-order valence-electron chi connectivity index (χ4n) is 6.11. The molecule has 48 heavy (non-hydrogen) atoms.